The lowest BCUT2D eigenvalue weighted by Crippen LogP contribution is -2.21. The van der Waals surface area contributed by atoms with Crippen LogP contribution in [0.2, 0.25) is 0 Å². The number of nitrogens with zero attached hydrogens (tertiary/aromatic N) is 2. The van der Waals surface area contributed by atoms with Gasteiger partial charge >= 0.3 is 5.97 Å². The van der Waals surface area contributed by atoms with E-state index in [4.69, 9.17) is 4.74 Å². The first-order valence-corrected chi connectivity index (χ1v) is 11.3. The molecule has 166 valence electrons. The highest BCUT2D eigenvalue weighted by atomic mass is 32.2. The van der Waals surface area contributed by atoms with Crippen molar-refractivity contribution in [1.29, 1.82) is 0 Å². The number of aromatic nitrogens is 2. The molecular weight excluding hydrogens is 426 g/mol. The summed E-state index contributed by atoms with van der Waals surface area (Å²) in [5, 5.41) is 7.69. The molecule has 0 bridgehead atoms. The summed E-state index contributed by atoms with van der Waals surface area (Å²) in [4.78, 5) is 36.5. The van der Waals surface area contributed by atoms with Gasteiger partial charge in [-0.05, 0) is 54.8 Å². The summed E-state index contributed by atoms with van der Waals surface area (Å²) in [6.07, 6.45) is 0. The summed E-state index contributed by atoms with van der Waals surface area (Å²) in [5.41, 5.74) is 2.48. The van der Waals surface area contributed by atoms with E-state index < -0.39 is 5.97 Å². The van der Waals surface area contributed by atoms with Crippen LogP contribution in [0, 0.1) is 0 Å². The molecule has 3 aromatic rings. The maximum absolute atomic E-state index is 12.4. The fourth-order valence-electron chi connectivity index (χ4n) is 2.93. The van der Waals surface area contributed by atoms with Crippen molar-refractivity contribution in [2.75, 3.05) is 17.7 Å². The lowest BCUT2D eigenvalue weighted by molar-refractivity contribution is -0.113. The zero-order chi connectivity index (χ0) is 23.1. The molecule has 1 heterocycles. The maximum atomic E-state index is 12.4. The minimum atomic E-state index is -0.439. The molecule has 1 N–H and O–H groups in total. The van der Waals surface area contributed by atoms with Crippen molar-refractivity contribution < 1.29 is 14.3 Å². The van der Waals surface area contributed by atoms with E-state index in [0.29, 0.717) is 27.9 Å². The third kappa shape index (κ3) is 6.07. The van der Waals surface area contributed by atoms with Crippen molar-refractivity contribution in [1.82, 2.24) is 9.78 Å². The van der Waals surface area contributed by atoms with Crippen LogP contribution in [0.3, 0.4) is 0 Å². The van der Waals surface area contributed by atoms with E-state index in [2.05, 4.69) is 24.3 Å². The van der Waals surface area contributed by atoms with Gasteiger partial charge in [0.1, 0.15) is 5.03 Å². The molecule has 3 rings (SSSR count). The Kier molecular flexibility index (Phi) is 7.83. The molecule has 0 saturated carbocycles. The summed E-state index contributed by atoms with van der Waals surface area (Å²) in [7, 11) is 0. The van der Waals surface area contributed by atoms with Crippen molar-refractivity contribution in [3.8, 4) is 5.69 Å². The third-order valence-electron chi connectivity index (χ3n) is 4.59. The predicted molar refractivity (Wildman–Crippen MR) is 126 cm³/mol. The number of rotatable bonds is 8. The number of anilines is 1. The van der Waals surface area contributed by atoms with Crippen molar-refractivity contribution in [3.05, 3.63) is 82.1 Å². The first kappa shape index (κ1) is 23.3. The van der Waals surface area contributed by atoms with Crippen molar-refractivity contribution in [2.45, 2.75) is 31.7 Å². The zero-order valence-corrected chi connectivity index (χ0v) is 19.0. The molecule has 0 aliphatic carbocycles. The molecule has 2 aromatic carbocycles. The Balaban J connectivity index is 1.65. The minimum absolute atomic E-state index is 0.0983. The number of esters is 1. The highest BCUT2D eigenvalue weighted by molar-refractivity contribution is 7.99. The van der Waals surface area contributed by atoms with Crippen LogP contribution < -0.4 is 10.9 Å². The first-order valence-electron chi connectivity index (χ1n) is 10.3. The van der Waals surface area contributed by atoms with E-state index in [1.807, 2.05) is 24.3 Å². The minimum Gasteiger partial charge on any atom is -0.462 e. The quantitative estimate of drug-likeness (QED) is 0.406. The van der Waals surface area contributed by atoms with Gasteiger partial charge in [0.2, 0.25) is 5.91 Å². The molecule has 0 atom stereocenters. The number of ether oxygens (including phenoxy) is 1. The second-order valence-corrected chi connectivity index (χ2v) is 8.30. The monoisotopic (exact) mass is 451 g/mol. The Morgan fingerprint density at radius 2 is 1.84 bits per heavy atom. The molecule has 32 heavy (non-hydrogen) atoms. The van der Waals surface area contributed by atoms with Crippen LogP contribution in [-0.2, 0) is 9.53 Å². The second-order valence-electron chi connectivity index (χ2n) is 7.31. The topological polar surface area (TPSA) is 90.3 Å². The van der Waals surface area contributed by atoms with Gasteiger partial charge in [-0.25, -0.2) is 4.79 Å². The molecule has 0 unspecified atom stereocenters. The molecule has 8 heteroatoms. The SMILES string of the molecule is CCOC(=O)c1cccc(NC(=O)CSc2ccc(=O)n(-c3ccc(C(C)C)cc3)n2)c1. The van der Waals surface area contributed by atoms with Crippen LogP contribution >= 0.6 is 11.8 Å². The molecular formula is C24H25N3O4S. The van der Waals surface area contributed by atoms with E-state index in [1.165, 1.54) is 28.1 Å². The standard InChI is InChI=1S/C24H25N3O4S/c1-4-31-24(30)18-6-5-7-19(14-18)25-21(28)15-32-22-12-13-23(29)27(26-22)20-10-8-17(9-11-20)16(2)3/h5-14,16H,4,15H2,1-3H3,(H,25,28). The molecule has 0 radical (unpaired) electrons. The molecule has 0 aliphatic heterocycles. The number of carbonyl (C=O) groups is 2. The summed E-state index contributed by atoms with van der Waals surface area (Å²) < 4.78 is 6.30. The summed E-state index contributed by atoms with van der Waals surface area (Å²) in [5.74, 6) is -0.198. The van der Waals surface area contributed by atoms with Crippen LogP contribution in [0.1, 0.15) is 42.6 Å². The third-order valence-corrected chi connectivity index (χ3v) is 5.51. The number of hydrogen-bond acceptors (Lipinski definition) is 6. The van der Waals surface area contributed by atoms with Gasteiger partial charge in [-0.15, -0.1) is 0 Å². The summed E-state index contributed by atoms with van der Waals surface area (Å²) >= 11 is 1.22. The van der Waals surface area contributed by atoms with Gasteiger partial charge < -0.3 is 10.1 Å². The van der Waals surface area contributed by atoms with Crippen LogP contribution in [0.25, 0.3) is 5.69 Å². The van der Waals surface area contributed by atoms with Gasteiger partial charge in [-0.2, -0.15) is 9.78 Å². The Labute approximate surface area is 190 Å². The Hall–Kier alpha value is -3.39. The van der Waals surface area contributed by atoms with E-state index in [1.54, 1.807) is 37.3 Å². The molecule has 0 saturated heterocycles. The van der Waals surface area contributed by atoms with Gasteiger partial charge in [0.15, 0.2) is 0 Å². The lowest BCUT2D eigenvalue weighted by atomic mass is 10.0. The number of hydrogen-bond donors (Lipinski definition) is 1. The van der Waals surface area contributed by atoms with Gasteiger partial charge in [0.05, 0.1) is 23.6 Å². The average molecular weight is 452 g/mol. The van der Waals surface area contributed by atoms with Crippen molar-refractivity contribution >= 4 is 29.3 Å². The fourth-order valence-corrected chi connectivity index (χ4v) is 3.59. The summed E-state index contributed by atoms with van der Waals surface area (Å²) in [6, 6.07) is 17.3. The van der Waals surface area contributed by atoms with Gasteiger partial charge in [-0.3, -0.25) is 9.59 Å². The normalized spacial score (nSPS) is 10.8. The Bertz CT molecular complexity index is 1160. The van der Waals surface area contributed by atoms with Gasteiger partial charge in [0, 0.05) is 11.8 Å². The molecule has 1 amide bonds. The number of amides is 1. The smallest absolute Gasteiger partial charge is 0.338 e. The van der Waals surface area contributed by atoms with Crippen molar-refractivity contribution in [2.24, 2.45) is 0 Å². The highest BCUT2D eigenvalue weighted by Gasteiger charge is 2.10. The molecule has 0 aliphatic rings. The van der Waals surface area contributed by atoms with E-state index in [0.717, 1.165) is 0 Å². The number of carbonyl (C=O) groups excluding carboxylic acids is 2. The second kappa shape index (κ2) is 10.8. The lowest BCUT2D eigenvalue weighted by Gasteiger charge is -2.10. The maximum Gasteiger partial charge on any atom is 0.338 e. The Morgan fingerprint density at radius 3 is 2.53 bits per heavy atom. The predicted octanol–water partition coefficient (Wildman–Crippen LogP) is 4.26. The van der Waals surface area contributed by atoms with Gasteiger partial charge in [-0.1, -0.05) is 43.8 Å². The van der Waals surface area contributed by atoms with E-state index in [9.17, 15) is 14.4 Å². The molecule has 0 fully saturated rings. The number of thioether (sulfide) groups is 1. The van der Waals surface area contributed by atoms with Crippen molar-refractivity contribution in [3.63, 3.8) is 0 Å². The van der Waals surface area contributed by atoms with Crippen LogP contribution in [0.4, 0.5) is 5.69 Å². The number of benzene rings is 2. The van der Waals surface area contributed by atoms with Gasteiger partial charge in [0.25, 0.3) is 5.56 Å². The molecule has 1 aromatic heterocycles. The fraction of sp³-hybridized carbons (Fsp3) is 0.250. The van der Waals surface area contributed by atoms with E-state index in [-0.39, 0.29) is 23.8 Å². The summed E-state index contributed by atoms with van der Waals surface area (Å²) in [6.45, 7) is 6.23. The first-order chi connectivity index (χ1) is 15.4. The van der Waals surface area contributed by atoms with Crippen LogP contribution in [0.5, 0.6) is 0 Å². The Morgan fingerprint density at radius 1 is 1.09 bits per heavy atom. The number of nitrogens with one attached hydrogen (secondary N) is 1. The highest BCUT2D eigenvalue weighted by Crippen LogP contribution is 2.18. The largest absolute Gasteiger partial charge is 0.462 e. The molecule has 7 nitrogen and oxygen atoms in total. The van der Waals surface area contributed by atoms with E-state index >= 15 is 0 Å². The average Bonchev–Trinajstić information content (AvgIpc) is 2.79. The molecule has 0 spiro atoms. The zero-order valence-electron chi connectivity index (χ0n) is 18.2. The van der Waals surface area contributed by atoms with Crippen LogP contribution in [0.15, 0.2) is 70.5 Å². The van der Waals surface area contributed by atoms with Crippen LogP contribution in [-0.4, -0.2) is 34.0 Å².